The van der Waals surface area contributed by atoms with Crippen LogP contribution in [0.25, 0.3) is 0 Å². The van der Waals surface area contributed by atoms with Gasteiger partial charge in [-0.3, -0.25) is 0 Å². The number of aryl methyl sites for hydroxylation is 1. The van der Waals surface area contributed by atoms with Crippen LogP contribution in [-0.4, -0.2) is 27.4 Å². The molecule has 0 spiro atoms. The van der Waals surface area contributed by atoms with Crippen LogP contribution in [0.15, 0.2) is 36.4 Å². The topological polar surface area (TPSA) is 72.7 Å². The van der Waals surface area contributed by atoms with Crippen LogP contribution in [0.2, 0.25) is 0 Å². The smallest absolute Gasteiger partial charge is 0.160 e. The van der Waals surface area contributed by atoms with E-state index in [-0.39, 0.29) is 11.5 Å². The van der Waals surface area contributed by atoms with Crippen LogP contribution in [0.4, 0.5) is 0 Å². The Balaban J connectivity index is 1.53. The molecule has 2 aromatic rings. The quantitative estimate of drug-likeness (QED) is 0.636. The number of hydrogen-bond acceptors (Lipinski definition) is 4. The first kappa shape index (κ1) is 16.7. The number of hydrogen-bond donors (Lipinski definition) is 4. The van der Waals surface area contributed by atoms with Crippen LogP contribution in [-0.2, 0) is 19.3 Å². The molecule has 0 fully saturated rings. The highest BCUT2D eigenvalue weighted by molar-refractivity contribution is 5.50. The molecule has 2 atom stereocenters. The Hall–Kier alpha value is -2.20. The van der Waals surface area contributed by atoms with Crippen molar-refractivity contribution in [3.05, 3.63) is 53.1 Å². The molecule has 0 aromatic heterocycles. The standard InChI is InChI=1S/C20H25NO3/c1-13(2-3-14-4-8-17(22)9-5-14)21-16-7-10-18-15(12-16)6-11-19(23)20(18)24/h4-6,8-9,11,13,16,21-24H,2-3,7,10,12H2,1H3. The second-order valence-electron chi connectivity index (χ2n) is 6.78. The molecule has 1 aliphatic carbocycles. The first-order valence-corrected chi connectivity index (χ1v) is 8.59. The maximum absolute atomic E-state index is 9.95. The lowest BCUT2D eigenvalue weighted by atomic mass is 9.87. The highest BCUT2D eigenvalue weighted by Crippen LogP contribution is 2.35. The van der Waals surface area contributed by atoms with Gasteiger partial charge in [-0.25, -0.2) is 0 Å². The minimum Gasteiger partial charge on any atom is -0.508 e. The highest BCUT2D eigenvalue weighted by atomic mass is 16.3. The van der Waals surface area contributed by atoms with E-state index >= 15 is 0 Å². The van der Waals surface area contributed by atoms with E-state index in [4.69, 9.17) is 0 Å². The Bertz CT molecular complexity index is 697. The lowest BCUT2D eigenvalue weighted by molar-refractivity contribution is 0.373. The summed E-state index contributed by atoms with van der Waals surface area (Å²) < 4.78 is 0. The van der Waals surface area contributed by atoms with Crippen LogP contribution in [0.5, 0.6) is 17.2 Å². The Morgan fingerprint density at radius 2 is 1.83 bits per heavy atom. The van der Waals surface area contributed by atoms with E-state index in [0.717, 1.165) is 43.2 Å². The van der Waals surface area contributed by atoms with Gasteiger partial charge in [-0.2, -0.15) is 0 Å². The molecule has 2 unspecified atom stereocenters. The van der Waals surface area contributed by atoms with Crippen molar-refractivity contribution in [2.75, 3.05) is 0 Å². The summed E-state index contributed by atoms with van der Waals surface area (Å²) in [6.07, 6.45) is 4.65. The average Bonchev–Trinajstić information content (AvgIpc) is 2.58. The molecule has 0 aliphatic heterocycles. The minimum atomic E-state index is -0.0255. The fraction of sp³-hybridized carbons (Fsp3) is 0.400. The van der Waals surface area contributed by atoms with Crippen LogP contribution < -0.4 is 5.32 Å². The van der Waals surface area contributed by atoms with Crippen LogP contribution in [0.1, 0.15) is 36.5 Å². The molecule has 2 aromatic carbocycles. The summed E-state index contributed by atoms with van der Waals surface area (Å²) >= 11 is 0. The Morgan fingerprint density at radius 3 is 2.58 bits per heavy atom. The molecule has 0 radical (unpaired) electrons. The van der Waals surface area contributed by atoms with Gasteiger partial charge in [0.2, 0.25) is 0 Å². The van der Waals surface area contributed by atoms with Gasteiger partial charge in [-0.05, 0) is 68.4 Å². The van der Waals surface area contributed by atoms with Crippen molar-refractivity contribution in [2.24, 2.45) is 0 Å². The summed E-state index contributed by atoms with van der Waals surface area (Å²) in [6, 6.07) is 11.7. The summed E-state index contributed by atoms with van der Waals surface area (Å²) in [4.78, 5) is 0. The first-order chi connectivity index (χ1) is 11.5. The van der Waals surface area contributed by atoms with Gasteiger partial charge in [0.1, 0.15) is 5.75 Å². The third-order valence-corrected chi connectivity index (χ3v) is 4.89. The van der Waals surface area contributed by atoms with E-state index in [1.54, 1.807) is 18.2 Å². The van der Waals surface area contributed by atoms with Gasteiger partial charge in [0, 0.05) is 17.6 Å². The van der Waals surface area contributed by atoms with Crippen molar-refractivity contribution in [3.8, 4) is 17.2 Å². The van der Waals surface area contributed by atoms with Gasteiger partial charge in [0.15, 0.2) is 11.5 Å². The second-order valence-corrected chi connectivity index (χ2v) is 6.78. The average molecular weight is 327 g/mol. The Morgan fingerprint density at radius 1 is 1.08 bits per heavy atom. The number of rotatable bonds is 5. The number of benzene rings is 2. The summed E-state index contributed by atoms with van der Waals surface area (Å²) in [5.41, 5.74) is 3.25. The fourth-order valence-electron chi connectivity index (χ4n) is 3.50. The first-order valence-electron chi connectivity index (χ1n) is 8.59. The molecule has 4 N–H and O–H groups in total. The zero-order valence-electron chi connectivity index (χ0n) is 14.0. The predicted molar refractivity (Wildman–Crippen MR) is 94.6 cm³/mol. The molecule has 0 amide bonds. The summed E-state index contributed by atoms with van der Waals surface area (Å²) in [5, 5.41) is 32.6. The van der Waals surface area contributed by atoms with Crippen molar-refractivity contribution in [3.63, 3.8) is 0 Å². The maximum Gasteiger partial charge on any atom is 0.160 e. The molecule has 0 saturated heterocycles. The third kappa shape index (κ3) is 3.82. The van der Waals surface area contributed by atoms with Crippen molar-refractivity contribution < 1.29 is 15.3 Å². The molecule has 0 bridgehead atoms. The van der Waals surface area contributed by atoms with Crippen LogP contribution in [0, 0.1) is 0 Å². The molecular weight excluding hydrogens is 302 g/mol. The molecule has 1 aliphatic rings. The fourth-order valence-corrected chi connectivity index (χ4v) is 3.50. The van der Waals surface area contributed by atoms with E-state index in [2.05, 4.69) is 12.2 Å². The van der Waals surface area contributed by atoms with Gasteiger partial charge in [-0.15, -0.1) is 0 Å². The zero-order valence-corrected chi connectivity index (χ0v) is 14.0. The minimum absolute atomic E-state index is 0.0255. The van der Waals surface area contributed by atoms with Crippen molar-refractivity contribution in [1.82, 2.24) is 5.32 Å². The van der Waals surface area contributed by atoms with Gasteiger partial charge in [0.05, 0.1) is 0 Å². The van der Waals surface area contributed by atoms with Gasteiger partial charge < -0.3 is 20.6 Å². The molecule has 4 nitrogen and oxygen atoms in total. The van der Waals surface area contributed by atoms with E-state index < -0.39 is 0 Å². The van der Waals surface area contributed by atoms with Crippen molar-refractivity contribution in [2.45, 2.75) is 51.1 Å². The van der Waals surface area contributed by atoms with E-state index in [0.29, 0.717) is 17.8 Å². The molecule has 4 heteroatoms. The van der Waals surface area contributed by atoms with E-state index in [1.807, 2.05) is 18.2 Å². The normalized spacial score (nSPS) is 18.1. The van der Waals surface area contributed by atoms with E-state index in [1.165, 1.54) is 5.56 Å². The van der Waals surface area contributed by atoms with Gasteiger partial charge >= 0.3 is 0 Å². The van der Waals surface area contributed by atoms with Crippen LogP contribution >= 0.6 is 0 Å². The predicted octanol–water partition coefficient (Wildman–Crippen LogP) is 3.27. The molecule has 3 rings (SSSR count). The second kappa shape index (κ2) is 7.14. The molecular formula is C20H25NO3. The number of phenols is 3. The Kier molecular flexibility index (Phi) is 4.95. The monoisotopic (exact) mass is 327 g/mol. The summed E-state index contributed by atoms with van der Waals surface area (Å²) in [7, 11) is 0. The summed E-state index contributed by atoms with van der Waals surface area (Å²) in [6.45, 7) is 2.20. The third-order valence-electron chi connectivity index (χ3n) is 4.89. The lowest BCUT2D eigenvalue weighted by Crippen LogP contribution is -2.40. The van der Waals surface area contributed by atoms with E-state index in [9.17, 15) is 15.3 Å². The molecule has 0 heterocycles. The largest absolute Gasteiger partial charge is 0.508 e. The SMILES string of the molecule is CC(CCc1ccc(O)cc1)NC1CCc2c(ccc(O)c2O)C1. The number of nitrogens with one attached hydrogen (secondary N) is 1. The Labute approximate surface area is 142 Å². The lowest BCUT2D eigenvalue weighted by Gasteiger charge is -2.29. The number of fused-ring (bicyclic) bond motifs is 1. The number of phenolic OH excluding ortho intramolecular Hbond substituents is 3. The zero-order chi connectivity index (χ0) is 17.1. The molecule has 0 saturated carbocycles. The number of aromatic hydroxyl groups is 3. The van der Waals surface area contributed by atoms with Crippen molar-refractivity contribution >= 4 is 0 Å². The van der Waals surface area contributed by atoms with Gasteiger partial charge in [-0.1, -0.05) is 18.2 Å². The highest BCUT2D eigenvalue weighted by Gasteiger charge is 2.23. The van der Waals surface area contributed by atoms with Crippen molar-refractivity contribution in [1.29, 1.82) is 0 Å². The molecule has 24 heavy (non-hydrogen) atoms. The summed E-state index contributed by atoms with van der Waals surface area (Å²) in [5.74, 6) is 0.328. The van der Waals surface area contributed by atoms with Gasteiger partial charge in [0.25, 0.3) is 0 Å². The molecule has 128 valence electrons. The van der Waals surface area contributed by atoms with Crippen LogP contribution in [0.3, 0.4) is 0 Å². The maximum atomic E-state index is 9.95.